The summed E-state index contributed by atoms with van der Waals surface area (Å²) in [5.74, 6) is 1.56. The van der Waals surface area contributed by atoms with E-state index in [1.54, 1.807) is 0 Å². The van der Waals surface area contributed by atoms with E-state index in [-0.39, 0.29) is 23.9 Å². The SMILES string of the molecule is Cc1ccc(C2(C)COC2)cc1N1CCc2nc(-c3c(C)cccc3C)nc(N3CCN(CC(N)=O)C(C)C3)c2C1. The molecular weight excluding hydrogens is 512 g/mol. The van der Waals surface area contributed by atoms with Crippen LogP contribution in [0.25, 0.3) is 11.4 Å². The number of anilines is 2. The first-order chi connectivity index (χ1) is 19.6. The molecule has 0 saturated carbocycles. The van der Waals surface area contributed by atoms with Gasteiger partial charge in [-0.05, 0) is 56.0 Å². The van der Waals surface area contributed by atoms with Crippen LogP contribution in [0.15, 0.2) is 36.4 Å². The minimum atomic E-state index is -0.280. The zero-order chi connectivity index (χ0) is 28.9. The fraction of sp³-hybridized carbons (Fsp3) is 0.485. The number of benzene rings is 2. The van der Waals surface area contributed by atoms with Gasteiger partial charge in [0.2, 0.25) is 5.91 Å². The van der Waals surface area contributed by atoms with Gasteiger partial charge in [0.15, 0.2) is 5.82 Å². The van der Waals surface area contributed by atoms with Gasteiger partial charge in [-0.2, -0.15) is 0 Å². The molecule has 2 fully saturated rings. The predicted molar refractivity (Wildman–Crippen MR) is 163 cm³/mol. The topological polar surface area (TPSA) is 87.8 Å². The molecule has 1 aromatic heterocycles. The number of rotatable bonds is 6. The van der Waals surface area contributed by atoms with Crippen molar-refractivity contribution < 1.29 is 9.53 Å². The lowest BCUT2D eigenvalue weighted by molar-refractivity contribution is -0.119. The smallest absolute Gasteiger partial charge is 0.231 e. The van der Waals surface area contributed by atoms with Gasteiger partial charge in [-0.15, -0.1) is 0 Å². The van der Waals surface area contributed by atoms with Crippen molar-refractivity contribution in [1.82, 2.24) is 14.9 Å². The molecule has 8 nitrogen and oxygen atoms in total. The van der Waals surface area contributed by atoms with Gasteiger partial charge in [0, 0.05) is 67.4 Å². The summed E-state index contributed by atoms with van der Waals surface area (Å²) in [5.41, 5.74) is 15.4. The first kappa shape index (κ1) is 27.7. The Morgan fingerprint density at radius 3 is 2.44 bits per heavy atom. The Hall–Kier alpha value is -3.49. The molecule has 8 heteroatoms. The first-order valence-corrected chi connectivity index (χ1v) is 14.8. The Bertz CT molecular complexity index is 1460. The molecule has 3 aliphatic rings. The van der Waals surface area contributed by atoms with Crippen molar-refractivity contribution in [2.24, 2.45) is 5.73 Å². The van der Waals surface area contributed by atoms with E-state index in [0.29, 0.717) is 0 Å². The van der Waals surface area contributed by atoms with E-state index in [0.717, 1.165) is 75.3 Å². The third kappa shape index (κ3) is 5.19. The highest BCUT2D eigenvalue weighted by Gasteiger charge is 2.36. The van der Waals surface area contributed by atoms with Crippen molar-refractivity contribution in [3.05, 3.63) is 69.9 Å². The van der Waals surface area contributed by atoms with Crippen LogP contribution in [0.4, 0.5) is 11.5 Å². The van der Waals surface area contributed by atoms with Crippen molar-refractivity contribution in [1.29, 1.82) is 0 Å². The number of aromatic nitrogens is 2. The normalized spacial score (nSPS) is 20.5. The molecule has 6 rings (SSSR count). The summed E-state index contributed by atoms with van der Waals surface area (Å²) in [6.07, 6.45) is 0.865. The standard InChI is InChI=1S/C33H42N6O2/c1-21-9-10-25(33(5)19-41-20-33)15-28(21)38-12-11-27-26(17-38)32(39-14-13-37(18-29(34)40)24(4)16-39)36-31(35-27)30-22(2)7-6-8-23(30)3/h6-10,15,24H,11-14,16-20H2,1-5H3,(H2,34,40). The number of primary amides is 1. The first-order valence-electron chi connectivity index (χ1n) is 14.8. The quantitative estimate of drug-likeness (QED) is 0.494. The molecule has 1 amide bonds. The summed E-state index contributed by atoms with van der Waals surface area (Å²) in [4.78, 5) is 29.3. The number of fused-ring (bicyclic) bond motifs is 1. The van der Waals surface area contributed by atoms with Gasteiger partial charge in [-0.1, -0.05) is 37.3 Å². The highest BCUT2D eigenvalue weighted by atomic mass is 16.5. The number of hydrogen-bond acceptors (Lipinski definition) is 7. The van der Waals surface area contributed by atoms with Gasteiger partial charge in [-0.3, -0.25) is 9.69 Å². The summed E-state index contributed by atoms with van der Waals surface area (Å²) < 4.78 is 5.57. The minimum absolute atomic E-state index is 0.0887. The van der Waals surface area contributed by atoms with Crippen molar-refractivity contribution in [2.45, 2.75) is 59.0 Å². The predicted octanol–water partition coefficient (Wildman–Crippen LogP) is 3.92. The summed E-state index contributed by atoms with van der Waals surface area (Å²) in [5, 5.41) is 0. The van der Waals surface area contributed by atoms with Crippen molar-refractivity contribution in [3.8, 4) is 11.4 Å². The fourth-order valence-electron chi connectivity index (χ4n) is 6.67. The number of hydrogen-bond donors (Lipinski definition) is 1. The van der Waals surface area contributed by atoms with Gasteiger partial charge in [-0.25, -0.2) is 9.97 Å². The van der Waals surface area contributed by atoms with Crippen LogP contribution in [0.3, 0.4) is 0 Å². The highest BCUT2D eigenvalue weighted by molar-refractivity contribution is 5.76. The molecule has 4 heterocycles. The molecule has 1 unspecified atom stereocenters. The molecule has 2 N–H and O–H groups in total. The maximum atomic E-state index is 11.7. The van der Waals surface area contributed by atoms with Crippen LogP contribution in [-0.4, -0.2) is 72.8 Å². The average Bonchev–Trinajstić information content (AvgIpc) is 2.92. The Kier molecular flexibility index (Phi) is 7.24. The summed E-state index contributed by atoms with van der Waals surface area (Å²) in [7, 11) is 0. The van der Waals surface area contributed by atoms with Crippen molar-refractivity contribution >= 4 is 17.4 Å². The Morgan fingerprint density at radius 1 is 1.02 bits per heavy atom. The Morgan fingerprint density at radius 2 is 1.78 bits per heavy atom. The number of carbonyl (C=O) groups excluding carboxylic acids is 1. The zero-order valence-electron chi connectivity index (χ0n) is 25.0. The lowest BCUT2D eigenvalue weighted by Gasteiger charge is -2.42. The van der Waals surface area contributed by atoms with Gasteiger partial charge < -0.3 is 20.3 Å². The van der Waals surface area contributed by atoms with Crippen LogP contribution in [0.1, 0.15) is 47.4 Å². The van der Waals surface area contributed by atoms with E-state index < -0.39 is 0 Å². The number of ether oxygens (including phenoxy) is 1. The van der Waals surface area contributed by atoms with Crippen molar-refractivity contribution in [3.63, 3.8) is 0 Å². The molecule has 0 spiro atoms. The van der Waals surface area contributed by atoms with E-state index in [1.165, 1.54) is 33.5 Å². The van der Waals surface area contributed by atoms with Gasteiger partial charge in [0.05, 0.1) is 25.5 Å². The van der Waals surface area contributed by atoms with E-state index >= 15 is 0 Å². The molecule has 2 aromatic carbocycles. The van der Waals surface area contributed by atoms with Crippen LogP contribution >= 0.6 is 0 Å². The second kappa shape index (κ2) is 10.7. The minimum Gasteiger partial charge on any atom is -0.379 e. The van der Waals surface area contributed by atoms with Crippen LogP contribution in [0.5, 0.6) is 0 Å². The van der Waals surface area contributed by atoms with E-state index in [2.05, 4.69) is 85.7 Å². The average molecular weight is 555 g/mol. The second-order valence-corrected chi connectivity index (χ2v) is 12.5. The highest BCUT2D eigenvalue weighted by Crippen LogP contribution is 2.38. The zero-order valence-corrected chi connectivity index (χ0v) is 25.0. The van der Waals surface area contributed by atoms with Gasteiger partial charge in [0.1, 0.15) is 5.82 Å². The molecule has 0 radical (unpaired) electrons. The Labute approximate surface area is 243 Å². The number of piperazine rings is 1. The Balaban J connectivity index is 1.39. The fourth-order valence-corrected chi connectivity index (χ4v) is 6.67. The number of aryl methyl sites for hydroxylation is 3. The second-order valence-electron chi connectivity index (χ2n) is 12.5. The summed E-state index contributed by atoms with van der Waals surface area (Å²) >= 11 is 0. The number of carbonyl (C=O) groups is 1. The van der Waals surface area contributed by atoms with Crippen LogP contribution in [0, 0.1) is 20.8 Å². The monoisotopic (exact) mass is 554 g/mol. The largest absolute Gasteiger partial charge is 0.379 e. The maximum absolute atomic E-state index is 11.7. The molecule has 3 aliphatic heterocycles. The van der Waals surface area contributed by atoms with Crippen LogP contribution < -0.4 is 15.5 Å². The van der Waals surface area contributed by atoms with E-state index in [1.807, 2.05) is 0 Å². The number of nitrogens with zero attached hydrogens (tertiary/aromatic N) is 5. The van der Waals surface area contributed by atoms with E-state index in [4.69, 9.17) is 20.4 Å². The summed E-state index contributed by atoms with van der Waals surface area (Å²) in [6, 6.07) is 13.5. The molecule has 216 valence electrons. The molecule has 0 aliphatic carbocycles. The molecule has 2 saturated heterocycles. The van der Waals surface area contributed by atoms with Crippen molar-refractivity contribution in [2.75, 3.05) is 55.7 Å². The molecule has 3 aromatic rings. The molecule has 1 atom stereocenters. The third-order valence-corrected chi connectivity index (χ3v) is 9.25. The lowest BCUT2D eigenvalue weighted by Crippen LogP contribution is -2.54. The van der Waals surface area contributed by atoms with Crippen LogP contribution in [-0.2, 0) is 27.9 Å². The third-order valence-electron chi connectivity index (χ3n) is 9.25. The molecular formula is C33H42N6O2. The lowest BCUT2D eigenvalue weighted by atomic mass is 9.80. The molecule has 0 bridgehead atoms. The summed E-state index contributed by atoms with van der Waals surface area (Å²) in [6.45, 7) is 16.8. The van der Waals surface area contributed by atoms with Gasteiger partial charge in [0.25, 0.3) is 0 Å². The van der Waals surface area contributed by atoms with E-state index in [9.17, 15) is 4.79 Å². The maximum Gasteiger partial charge on any atom is 0.231 e. The van der Waals surface area contributed by atoms with Crippen LogP contribution in [0.2, 0.25) is 0 Å². The van der Waals surface area contributed by atoms with Gasteiger partial charge >= 0.3 is 0 Å². The number of nitrogens with two attached hydrogens (primary N) is 1. The number of amides is 1. The molecule has 41 heavy (non-hydrogen) atoms.